The first kappa shape index (κ1) is 25.6. The summed E-state index contributed by atoms with van der Waals surface area (Å²) in [6, 6.07) is 9.38. The van der Waals surface area contributed by atoms with E-state index >= 15 is 0 Å². The van der Waals surface area contributed by atoms with Gasteiger partial charge in [0, 0.05) is 36.0 Å². The number of carbonyl (C=O) groups excluding carboxylic acids is 1. The second-order valence-electron chi connectivity index (χ2n) is 8.15. The summed E-state index contributed by atoms with van der Waals surface area (Å²) in [5.41, 5.74) is 2.89. The third kappa shape index (κ3) is 5.36. The zero-order chi connectivity index (χ0) is 25.1. The lowest BCUT2D eigenvalue weighted by Gasteiger charge is -2.24. The van der Waals surface area contributed by atoms with Gasteiger partial charge in [0.15, 0.2) is 14.6 Å². The lowest BCUT2D eigenvalue weighted by molar-refractivity contribution is -0.131. The van der Waals surface area contributed by atoms with Gasteiger partial charge in [0.25, 0.3) is 5.91 Å². The number of halogens is 1. The normalized spacial score (nSPS) is 14.5. The number of amides is 1. The summed E-state index contributed by atoms with van der Waals surface area (Å²) in [6.07, 6.45) is 1.40. The van der Waals surface area contributed by atoms with Crippen LogP contribution in [0.15, 0.2) is 42.6 Å². The molecule has 0 fully saturated rings. The fourth-order valence-corrected chi connectivity index (χ4v) is 4.18. The Kier molecular flexibility index (Phi) is 7.56. The van der Waals surface area contributed by atoms with Gasteiger partial charge in [-0.2, -0.15) is 5.10 Å². The van der Waals surface area contributed by atoms with Crippen LogP contribution in [0.2, 0.25) is 0 Å². The summed E-state index contributed by atoms with van der Waals surface area (Å²) in [7, 11) is -3.83. The van der Waals surface area contributed by atoms with E-state index in [0.717, 1.165) is 6.26 Å². The maximum atomic E-state index is 14.7. The van der Waals surface area contributed by atoms with Gasteiger partial charge in [-0.1, -0.05) is 6.07 Å². The van der Waals surface area contributed by atoms with Gasteiger partial charge in [0.1, 0.15) is 24.3 Å². The zero-order valence-electron chi connectivity index (χ0n) is 18.6. The molecule has 10 nitrogen and oxygen atoms in total. The van der Waals surface area contributed by atoms with E-state index in [1.807, 2.05) is 0 Å². The molecule has 4 N–H and O–H groups in total. The van der Waals surface area contributed by atoms with Gasteiger partial charge < -0.3 is 14.9 Å². The van der Waals surface area contributed by atoms with E-state index in [1.54, 1.807) is 30.5 Å². The number of aryl methyl sites for hydroxylation is 1. The first-order valence-corrected chi connectivity index (χ1v) is 12.2. The predicted octanol–water partition coefficient (Wildman–Crippen LogP) is 1.27. The quantitative estimate of drug-likeness (QED) is 0.243. The minimum absolute atomic E-state index is 0.0844. The maximum absolute atomic E-state index is 14.7. The molecule has 184 valence electrons. The number of rotatable bonds is 10. The summed E-state index contributed by atoms with van der Waals surface area (Å²) < 4.78 is 43.8. The minimum atomic E-state index is -3.83. The molecule has 0 saturated heterocycles. The molecule has 34 heavy (non-hydrogen) atoms. The molecule has 0 radical (unpaired) electrons. The number of aromatic nitrogens is 2. The molecule has 1 amide bonds. The van der Waals surface area contributed by atoms with E-state index < -0.39 is 39.0 Å². The SMILES string of the molecule is C[C@@](CCn1cc2cc(-c3ccc(OC[C@@H](O)CO)cc3F)ccc2n1)(C(=O)NO)S(C)(=O)=O. The molecule has 12 heteroatoms. The fraction of sp³-hybridized carbons (Fsp3) is 0.364. The number of aliphatic hydroxyl groups is 2. The summed E-state index contributed by atoms with van der Waals surface area (Å²) in [5, 5.41) is 32.2. The number of carbonyl (C=O) groups is 1. The van der Waals surface area contributed by atoms with Crippen LogP contribution >= 0.6 is 0 Å². The number of benzene rings is 2. The van der Waals surface area contributed by atoms with E-state index in [0.29, 0.717) is 22.0 Å². The van der Waals surface area contributed by atoms with Crippen LogP contribution in [0.3, 0.4) is 0 Å². The van der Waals surface area contributed by atoms with Crippen LogP contribution in [0.5, 0.6) is 5.75 Å². The molecule has 0 unspecified atom stereocenters. The molecule has 0 aliphatic heterocycles. The Bertz CT molecular complexity index is 1290. The van der Waals surface area contributed by atoms with Crippen LogP contribution in [0.4, 0.5) is 4.39 Å². The average Bonchev–Trinajstić information content (AvgIpc) is 3.21. The highest BCUT2D eigenvalue weighted by molar-refractivity contribution is 7.92. The Morgan fingerprint density at radius 3 is 2.65 bits per heavy atom. The Balaban J connectivity index is 1.81. The molecule has 0 aliphatic carbocycles. The third-order valence-corrected chi connectivity index (χ3v) is 7.70. The number of ether oxygens (including phenoxy) is 1. The van der Waals surface area contributed by atoms with Crippen LogP contribution in [-0.2, 0) is 21.2 Å². The van der Waals surface area contributed by atoms with Gasteiger partial charge in [-0.05, 0) is 43.2 Å². The van der Waals surface area contributed by atoms with Gasteiger partial charge in [0.2, 0.25) is 0 Å². The van der Waals surface area contributed by atoms with Crippen molar-refractivity contribution in [1.82, 2.24) is 15.3 Å². The van der Waals surface area contributed by atoms with Gasteiger partial charge in [-0.3, -0.25) is 14.7 Å². The Morgan fingerprint density at radius 2 is 2.03 bits per heavy atom. The summed E-state index contributed by atoms with van der Waals surface area (Å²) in [6.45, 7) is 0.687. The lowest BCUT2D eigenvalue weighted by Crippen LogP contribution is -2.49. The molecule has 3 aromatic rings. The molecular weight excluding hydrogens is 469 g/mol. The van der Waals surface area contributed by atoms with Crippen molar-refractivity contribution in [2.24, 2.45) is 0 Å². The molecule has 3 rings (SSSR count). The number of hydrogen-bond acceptors (Lipinski definition) is 8. The number of hydrogen-bond donors (Lipinski definition) is 4. The number of aliphatic hydroxyl groups excluding tert-OH is 2. The standard InChI is InChI=1S/C22H26FN3O7S/c1-22(21(29)25-30,34(2,31)32)7-8-26-11-15-9-14(3-6-20(15)24-26)18-5-4-17(10-19(18)23)33-13-16(28)12-27/h3-6,9-11,16,27-28,30H,7-8,12-13H2,1-2H3,(H,25,29)/t16-,22+/m0/s1. The first-order valence-electron chi connectivity index (χ1n) is 10.3. The van der Waals surface area contributed by atoms with E-state index in [9.17, 15) is 22.7 Å². The number of hydroxylamine groups is 1. The van der Waals surface area contributed by atoms with E-state index in [1.165, 1.54) is 29.2 Å². The van der Waals surface area contributed by atoms with Crippen LogP contribution in [-0.4, -0.2) is 69.8 Å². The van der Waals surface area contributed by atoms with Crippen molar-refractivity contribution < 1.29 is 37.8 Å². The Labute approximate surface area is 195 Å². The number of fused-ring (bicyclic) bond motifs is 1. The summed E-state index contributed by atoms with van der Waals surface area (Å²) >= 11 is 0. The van der Waals surface area contributed by atoms with Crippen molar-refractivity contribution in [3.63, 3.8) is 0 Å². The first-order chi connectivity index (χ1) is 16.0. The second kappa shape index (κ2) is 10.1. The van der Waals surface area contributed by atoms with Gasteiger partial charge in [-0.15, -0.1) is 0 Å². The number of nitrogens with one attached hydrogen (secondary N) is 1. The number of sulfone groups is 1. The zero-order valence-corrected chi connectivity index (χ0v) is 19.4. The smallest absolute Gasteiger partial charge is 0.264 e. The average molecular weight is 496 g/mol. The maximum Gasteiger partial charge on any atom is 0.264 e. The largest absolute Gasteiger partial charge is 0.491 e. The van der Waals surface area contributed by atoms with Gasteiger partial charge in [0.05, 0.1) is 12.1 Å². The van der Waals surface area contributed by atoms with E-state index in [2.05, 4.69) is 5.10 Å². The Hall–Kier alpha value is -3.06. The van der Waals surface area contributed by atoms with Crippen molar-refractivity contribution in [2.75, 3.05) is 19.5 Å². The van der Waals surface area contributed by atoms with E-state index in [-0.39, 0.29) is 25.3 Å². The highest BCUT2D eigenvalue weighted by Gasteiger charge is 2.43. The fourth-order valence-electron chi connectivity index (χ4n) is 3.34. The van der Waals surface area contributed by atoms with Crippen LogP contribution < -0.4 is 10.2 Å². The third-order valence-electron chi connectivity index (χ3n) is 5.67. The van der Waals surface area contributed by atoms with Crippen molar-refractivity contribution >= 4 is 26.6 Å². The van der Waals surface area contributed by atoms with Crippen LogP contribution in [0.25, 0.3) is 22.0 Å². The molecule has 0 bridgehead atoms. The number of nitrogens with zero attached hydrogens (tertiary/aromatic N) is 2. The molecule has 0 saturated carbocycles. The second-order valence-corrected chi connectivity index (χ2v) is 10.6. The summed E-state index contributed by atoms with van der Waals surface area (Å²) in [5.74, 6) is -1.35. The Morgan fingerprint density at radius 1 is 1.29 bits per heavy atom. The van der Waals surface area contributed by atoms with Gasteiger partial charge >= 0.3 is 0 Å². The van der Waals surface area contributed by atoms with Crippen LogP contribution in [0.1, 0.15) is 13.3 Å². The molecule has 1 aromatic heterocycles. The summed E-state index contributed by atoms with van der Waals surface area (Å²) in [4.78, 5) is 12.0. The van der Waals surface area contributed by atoms with Crippen molar-refractivity contribution in [3.8, 4) is 16.9 Å². The van der Waals surface area contributed by atoms with Gasteiger partial charge in [-0.25, -0.2) is 18.3 Å². The minimum Gasteiger partial charge on any atom is -0.491 e. The topological polar surface area (TPSA) is 151 Å². The molecule has 1 heterocycles. The molecular formula is C22H26FN3O7S. The molecule has 2 atom stereocenters. The molecule has 0 spiro atoms. The highest BCUT2D eigenvalue weighted by Crippen LogP contribution is 2.29. The highest BCUT2D eigenvalue weighted by atomic mass is 32.2. The van der Waals surface area contributed by atoms with Crippen LogP contribution in [0, 0.1) is 5.82 Å². The molecule has 0 aliphatic rings. The monoisotopic (exact) mass is 495 g/mol. The predicted molar refractivity (Wildman–Crippen MR) is 122 cm³/mol. The van der Waals surface area contributed by atoms with Crippen molar-refractivity contribution in [3.05, 3.63) is 48.4 Å². The van der Waals surface area contributed by atoms with E-state index in [4.69, 9.17) is 15.1 Å². The lowest BCUT2D eigenvalue weighted by atomic mass is 10.0. The molecule has 2 aromatic carbocycles. The van der Waals surface area contributed by atoms with Crippen molar-refractivity contribution in [1.29, 1.82) is 0 Å². The van der Waals surface area contributed by atoms with Crippen molar-refractivity contribution in [2.45, 2.75) is 30.7 Å².